The number of nitrogens with zero attached hydrogens (tertiary/aromatic N) is 1. The molecule has 3 nitrogen and oxygen atoms in total. The number of methoxy groups -OCH3 is 1. The maximum absolute atomic E-state index is 5.57. The Kier molecular flexibility index (Phi) is 4.22. The van der Waals surface area contributed by atoms with Crippen molar-refractivity contribution in [3.63, 3.8) is 0 Å². The first kappa shape index (κ1) is 14.0. The minimum absolute atomic E-state index is 0.642. The summed E-state index contributed by atoms with van der Waals surface area (Å²) < 4.78 is 5.46. The van der Waals surface area contributed by atoms with Gasteiger partial charge in [0.05, 0.1) is 12.8 Å². The second-order valence-corrected chi connectivity index (χ2v) is 5.57. The molecule has 1 heterocycles. The van der Waals surface area contributed by atoms with Crippen LogP contribution < -0.4 is 10.5 Å². The van der Waals surface area contributed by atoms with Crippen LogP contribution in [-0.4, -0.2) is 18.6 Å². The lowest BCUT2D eigenvalue weighted by molar-refractivity contribution is 0.408. The highest BCUT2D eigenvalue weighted by Crippen LogP contribution is 2.35. The van der Waals surface area contributed by atoms with Crippen molar-refractivity contribution in [1.82, 2.24) is 4.98 Å². The molecule has 0 saturated heterocycles. The van der Waals surface area contributed by atoms with Crippen molar-refractivity contribution < 1.29 is 4.74 Å². The highest BCUT2D eigenvalue weighted by atomic mass is 32.1. The molecule has 1 aromatic heterocycles. The van der Waals surface area contributed by atoms with E-state index in [0.717, 1.165) is 28.4 Å². The maximum Gasteiger partial charge on any atom is 0.124 e. The number of ether oxygens (including phenoxy) is 1. The number of aromatic nitrogens is 1. The molecule has 0 atom stereocenters. The molecule has 102 valence electrons. The van der Waals surface area contributed by atoms with E-state index in [1.54, 1.807) is 18.4 Å². The molecule has 0 aliphatic carbocycles. The monoisotopic (exact) mass is 276 g/mol. The highest BCUT2D eigenvalue weighted by Gasteiger charge is 2.14. The summed E-state index contributed by atoms with van der Waals surface area (Å²) in [7, 11) is 1.72. The van der Waals surface area contributed by atoms with Gasteiger partial charge in [-0.3, -0.25) is 0 Å². The summed E-state index contributed by atoms with van der Waals surface area (Å²) in [5.41, 5.74) is 11.4. The molecule has 0 radical (unpaired) electrons. The van der Waals surface area contributed by atoms with E-state index in [4.69, 9.17) is 10.5 Å². The van der Waals surface area contributed by atoms with Crippen molar-refractivity contribution in [3.8, 4) is 16.3 Å². The zero-order valence-corrected chi connectivity index (χ0v) is 12.7. The van der Waals surface area contributed by atoms with Crippen molar-refractivity contribution in [1.29, 1.82) is 0 Å². The first-order valence-electron chi connectivity index (χ1n) is 6.38. The molecule has 0 fully saturated rings. The third kappa shape index (κ3) is 2.65. The molecule has 0 aliphatic rings. The number of hydrogen-bond donors (Lipinski definition) is 1. The molecule has 0 bridgehead atoms. The smallest absolute Gasteiger partial charge is 0.124 e. The molecule has 2 aromatic rings. The Balaban J connectivity index is 2.50. The number of rotatable bonds is 4. The summed E-state index contributed by atoms with van der Waals surface area (Å²) in [6.45, 7) is 6.93. The van der Waals surface area contributed by atoms with E-state index in [9.17, 15) is 0 Å². The minimum Gasteiger partial charge on any atom is -0.496 e. The second-order valence-electron chi connectivity index (χ2n) is 4.71. The van der Waals surface area contributed by atoms with Gasteiger partial charge in [-0.15, -0.1) is 11.3 Å². The number of thiazole rings is 1. The van der Waals surface area contributed by atoms with Crippen molar-refractivity contribution in [2.24, 2.45) is 5.73 Å². The first-order valence-corrected chi connectivity index (χ1v) is 7.26. The summed E-state index contributed by atoms with van der Waals surface area (Å²) in [4.78, 5) is 4.67. The van der Waals surface area contributed by atoms with Gasteiger partial charge in [-0.25, -0.2) is 4.98 Å². The third-order valence-electron chi connectivity index (χ3n) is 3.41. The summed E-state index contributed by atoms with van der Waals surface area (Å²) in [5, 5.41) is 3.16. The molecule has 0 spiro atoms. The normalized spacial score (nSPS) is 10.8. The fraction of sp³-hybridized carbons (Fsp3) is 0.400. The average Bonchev–Trinajstić information content (AvgIpc) is 2.83. The quantitative estimate of drug-likeness (QED) is 0.932. The Morgan fingerprint density at radius 2 is 2.00 bits per heavy atom. The van der Waals surface area contributed by atoms with Gasteiger partial charge in [0.15, 0.2) is 0 Å². The van der Waals surface area contributed by atoms with E-state index >= 15 is 0 Å². The molecule has 2 rings (SSSR count). The molecule has 0 aliphatic heterocycles. The van der Waals surface area contributed by atoms with Crippen molar-refractivity contribution in [2.45, 2.75) is 27.2 Å². The molecule has 4 heteroatoms. The topological polar surface area (TPSA) is 48.1 Å². The molecule has 0 saturated carbocycles. The van der Waals surface area contributed by atoms with Gasteiger partial charge in [-0.05, 0) is 50.1 Å². The highest BCUT2D eigenvalue weighted by molar-refractivity contribution is 7.13. The fourth-order valence-electron chi connectivity index (χ4n) is 2.29. The van der Waals surface area contributed by atoms with Crippen LogP contribution in [0.1, 0.15) is 22.4 Å². The first-order chi connectivity index (χ1) is 9.08. The Hall–Kier alpha value is -1.39. The zero-order chi connectivity index (χ0) is 14.0. The van der Waals surface area contributed by atoms with Gasteiger partial charge in [0.1, 0.15) is 10.8 Å². The number of nitrogens with two attached hydrogens (primary N) is 1. The van der Waals surface area contributed by atoms with Gasteiger partial charge >= 0.3 is 0 Å². The van der Waals surface area contributed by atoms with Gasteiger partial charge in [-0.1, -0.05) is 0 Å². The molecule has 19 heavy (non-hydrogen) atoms. The van der Waals surface area contributed by atoms with Crippen LogP contribution in [0.15, 0.2) is 11.4 Å². The van der Waals surface area contributed by atoms with Crippen LogP contribution >= 0.6 is 11.3 Å². The lowest BCUT2D eigenvalue weighted by Gasteiger charge is -2.14. The number of benzene rings is 1. The van der Waals surface area contributed by atoms with E-state index in [0.29, 0.717) is 6.54 Å². The summed E-state index contributed by atoms with van der Waals surface area (Å²) in [6, 6.07) is 2.16. The van der Waals surface area contributed by atoms with Gasteiger partial charge in [0, 0.05) is 17.4 Å². The average molecular weight is 276 g/mol. The Bertz CT molecular complexity index is 590. The number of hydrogen-bond acceptors (Lipinski definition) is 4. The van der Waals surface area contributed by atoms with Crippen LogP contribution in [0.25, 0.3) is 10.6 Å². The number of aryl methyl sites for hydroxylation is 1. The van der Waals surface area contributed by atoms with Gasteiger partial charge in [0.2, 0.25) is 0 Å². The standard InChI is InChI=1S/C15H20N2OS/c1-9-7-13(10(2)11(3)14(9)18-4)15-17-12(5-6-16)8-19-15/h7-8H,5-6,16H2,1-4H3. The second kappa shape index (κ2) is 5.72. The van der Waals surface area contributed by atoms with Gasteiger partial charge < -0.3 is 10.5 Å². The van der Waals surface area contributed by atoms with Crippen LogP contribution in [0.3, 0.4) is 0 Å². The lowest BCUT2D eigenvalue weighted by Crippen LogP contribution is -2.02. The molecule has 0 unspecified atom stereocenters. The molecule has 2 N–H and O–H groups in total. The van der Waals surface area contributed by atoms with E-state index in [1.807, 2.05) is 0 Å². The Morgan fingerprint density at radius 3 is 2.63 bits per heavy atom. The SMILES string of the molecule is COc1c(C)cc(-c2nc(CCN)cs2)c(C)c1C. The Labute approximate surface area is 118 Å². The maximum atomic E-state index is 5.57. The van der Waals surface area contributed by atoms with Crippen molar-refractivity contribution in [3.05, 3.63) is 33.8 Å². The minimum atomic E-state index is 0.642. The van der Waals surface area contributed by atoms with Crippen molar-refractivity contribution in [2.75, 3.05) is 13.7 Å². The largest absolute Gasteiger partial charge is 0.496 e. The van der Waals surface area contributed by atoms with Crippen LogP contribution in [0.2, 0.25) is 0 Å². The van der Waals surface area contributed by atoms with E-state index in [1.165, 1.54) is 16.7 Å². The molecule has 1 aromatic carbocycles. The van der Waals surface area contributed by atoms with Crippen LogP contribution in [0.5, 0.6) is 5.75 Å². The van der Waals surface area contributed by atoms with Crippen LogP contribution in [-0.2, 0) is 6.42 Å². The molecular formula is C15H20N2OS. The summed E-state index contributed by atoms with van der Waals surface area (Å²) in [5.74, 6) is 0.972. The van der Waals surface area contributed by atoms with Gasteiger partial charge in [0.25, 0.3) is 0 Å². The summed E-state index contributed by atoms with van der Waals surface area (Å²) in [6.07, 6.45) is 0.837. The van der Waals surface area contributed by atoms with E-state index in [-0.39, 0.29) is 0 Å². The Morgan fingerprint density at radius 1 is 1.26 bits per heavy atom. The molecular weight excluding hydrogens is 256 g/mol. The fourth-order valence-corrected chi connectivity index (χ4v) is 3.22. The van der Waals surface area contributed by atoms with Crippen molar-refractivity contribution >= 4 is 11.3 Å². The predicted octanol–water partition coefficient (Wildman–Crippen LogP) is 3.25. The molecule has 0 amide bonds. The van der Waals surface area contributed by atoms with Gasteiger partial charge in [-0.2, -0.15) is 0 Å². The zero-order valence-electron chi connectivity index (χ0n) is 11.9. The lowest BCUT2D eigenvalue weighted by atomic mass is 9.99. The van der Waals surface area contributed by atoms with E-state index < -0.39 is 0 Å². The summed E-state index contributed by atoms with van der Waals surface area (Å²) >= 11 is 1.68. The van der Waals surface area contributed by atoms with E-state index in [2.05, 4.69) is 37.2 Å². The van der Waals surface area contributed by atoms with Crippen LogP contribution in [0.4, 0.5) is 0 Å². The van der Waals surface area contributed by atoms with Crippen LogP contribution in [0, 0.1) is 20.8 Å². The predicted molar refractivity (Wildman–Crippen MR) is 81.1 cm³/mol. The third-order valence-corrected chi connectivity index (χ3v) is 4.34.